The van der Waals surface area contributed by atoms with Gasteiger partial charge in [-0.1, -0.05) is 19.9 Å². The average Bonchev–Trinajstić information content (AvgIpc) is 2.36. The highest BCUT2D eigenvalue weighted by molar-refractivity contribution is 5.14. The topological polar surface area (TPSA) is 37.4 Å². The molecule has 0 saturated carbocycles. The SMILES string of the molecule is CC(C)NCc1ccc(CN2C[C@@H](C)O[C@@H](C)C2)nc1. The fourth-order valence-electron chi connectivity index (χ4n) is 2.62. The van der Waals surface area contributed by atoms with Crippen LogP contribution in [0.25, 0.3) is 0 Å². The zero-order valence-corrected chi connectivity index (χ0v) is 13.1. The van der Waals surface area contributed by atoms with Crippen molar-refractivity contribution in [3.05, 3.63) is 29.6 Å². The Hall–Kier alpha value is -0.970. The predicted molar refractivity (Wildman–Crippen MR) is 81.5 cm³/mol. The molecule has 4 nitrogen and oxygen atoms in total. The summed E-state index contributed by atoms with van der Waals surface area (Å²) in [5.74, 6) is 0. The van der Waals surface area contributed by atoms with E-state index in [-0.39, 0.29) is 0 Å². The molecule has 1 aromatic rings. The van der Waals surface area contributed by atoms with Crippen molar-refractivity contribution >= 4 is 0 Å². The van der Waals surface area contributed by atoms with Crippen LogP contribution in [0.3, 0.4) is 0 Å². The van der Waals surface area contributed by atoms with Crippen molar-refractivity contribution < 1.29 is 4.74 Å². The van der Waals surface area contributed by atoms with E-state index in [4.69, 9.17) is 4.74 Å². The van der Waals surface area contributed by atoms with Gasteiger partial charge in [0.25, 0.3) is 0 Å². The first-order valence-electron chi connectivity index (χ1n) is 7.58. The second-order valence-electron chi connectivity index (χ2n) is 6.14. The summed E-state index contributed by atoms with van der Waals surface area (Å²) in [6, 6.07) is 4.82. The molecule has 1 saturated heterocycles. The van der Waals surface area contributed by atoms with Crippen LogP contribution in [0.1, 0.15) is 39.0 Å². The minimum atomic E-state index is 0.313. The van der Waals surface area contributed by atoms with E-state index in [2.05, 4.69) is 55.0 Å². The van der Waals surface area contributed by atoms with Gasteiger partial charge in [0.05, 0.1) is 17.9 Å². The molecular formula is C16H27N3O. The number of hydrogen-bond donors (Lipinski definition) is 1. The highest BCUT2D eigenvalue weighted by Gasteiger charge is 2.22. The van der Waals surface area contributed by atoms with E-state index in [0.717, 1.165) is 31.9 Å². The molecule has 0 unspecified atom stereocenters. The second kappa shape index (κ2) is 7.16. The van der Waals surface area contributed by atoms with Crippen LogP contribution >= 0.6 is 0 Å². The summed E-state index contributed by atoms with van der Waals surface area (Å²) in [5.41, 5.74) is 2.38. The van der Waals surface area contributed by atoms with E-state index in [0.29, 0.717) is 18.2 Å². The van der Waals surface area contributed by atoms with Crippen LogP contribution in [-0.4, -0.2) is 41.2 Å². The fourth-order valence-corrected chi connectivity index (χ4v) is 2.62. The summed E-state index contributed by atoms with van der Waals surface area (Å²) in [5, 5.41) is 3.41. The largest absolute Gasteiger partial charge is 0.373 e. The lowest BCUT2D eigenvalue weighted by atomic mass is 10.2. The van der Waals surface area contributed by atoms with Crippen molar-refractivity contribution in [2.75, 3.05) is 13.1 Å². The number of nitrogens with zero attached hydrogens (tertiary/aromatic N) is 2. The second-order valence-corrected chi connectivity index (χ2v) is 6.14. The maximum atomic E-state index is 5.76. The zero-order valence-electron chi connectivity index (χ0n) is 13.1. The third-order valence-corrected chi connectivity index (χ3v) is 3.48. The van der Waals surface area contributed by atoms with Gasteiger partial charge in [0.15, 0.2) is 0 Å². The summed E-state index contributed by atoms with van der Waals surface area (Å²) in [4.78, 5) is 7.00. The zero-order chi connectivity index (χ0) is 14.5. The van der Waals surface area contributed by atoms with Crippen LogP contribution in [0.4, 0.5) is 0 Å². The number of morpholine rings is 1. The van der Waals surface area contributed by atoms with Crippen LogP contribution in [0.2, 0.25) is 0 Å². The molecule has 4 heteroatoms. The van der Waals surface area contributed by atoms with Gasteiger partial charge < -0.3 is 10.1 Å². The molecule has 1 aliphatic heterocycles. The average molecular weight is 277 g/mol. The van der Waals surface area contributed by atoms with Gasteiger partial charge in [-0.3, -0.25) is 9.88 Å². The molecule has 0 radical (unpaired) electrons. The minimum absolute atomic E-state index is 0.313. The smallest absolute Gasteiger partial charge is 0.0678 e. The van der Waals surface area contributed by atoms with E-state index >= 15 is 0 Å². The van der Waals surface area contributed by atoms with Gasteiger partial charge in [0.1, 0.15) is 0 Å². The number of aromatic nitrogens is 1. The van der Waals surface area contributed by atoms with Gasteiger partial charge in [-0.25, -0.2) is 0 Å². The number of rotatable bonds is 5. The van der Waals surface area contributed by atoms with Gasteiger partial charge in [-0.05, 0) is 25.5 Å². The number of nitrogens with one attached hydrogen (secondary N) is 1. The molecule has 1 aromatic heterocycles. The molecule has 2 atom stereocenters. The summed E-state index contributed by atoms with van der Waals surface area (Å²) < 4.78 is 5.76. The Balaban J connectivity index is 1.87. The summed E-state index contributed by atoms with van der Waals surface area (Å²) in [6.45, 7) is 12.4. The first-order valence-corrected chi connectivity index (χ1v) is 7.58. The van der Waals surface area contributed by atoms with E-state index in [1.54, 1.807) is 0 Å². The van der Waals surface area contributed by atoms with Crippen molar-refractivity contribution in [1.82, 2.24) is 15.2 Å². The van der Waals surface area contributed by atoms with Crippen molar-refractivity contribution in [1.29, 1.82) is 0 Å². The molecule has 0 aromatic carbocycles. The molecular weight excluding hydrogens is 250 g/mol. The van der Waals surface area contributed by atoms with Gasteiger partial charge in [0.2, 0.25) is 0 Å². The van der Waals surface area contributed by atoms with Crippen molar-refractivity contribution in [2.24, 2.45) is 0 Å². The van der Waals surface area contributed by atoms with E-state index in [9.17, 15) is 0 Å². The monoisotopic (exact) mass is 277 g/mol. The third-order valence-electron chi connectivity index (χ3n) is 3.48. The first kappa shape index (κ1) is 15.4. The molecule has 0 aliphatic carbocycles. The number of ether oxygens (including phenoxy) is 1. The molecule has 0 amide bonds. The molecule has 112 valence electrons. The third kappa shape index (κ3) is 4.85. The predicted octanol–water partition coefficient (Wildman–Crippen LogP) is 2.19. The maximum absolute atomic E-state index is 5.76. The lowest BCUT2D eigenvalue weighted by Gasteiger charge is -2.35. The number of hydrogen-bond acceptors (Lipinski definition) is 4. The Morgan fingerprint density at radius 1 is 1.30 bits per heavy atom. The van der Waals surface area contributed by atoms with Crippen LogP contribution in [0, 0.1) is 0 Å². The van der Waals surface area contributed by atoms with Crippen LogP contribution < -0.4 is 5.32 Å². The fraction of sp³-hybridized carbons (Fsp3) is 0.688. The quantitative estimate of drug-likeness (QED) is 0.895. The van der Waals surface area contributed by atoms with Gasteiger partial charge in [-0.15, -0.1) is 0 Å². The Bertz CT molecular complexity index is 395. The molecule has 0 spiro atoms. The Labute approximate surface area is 122 Å². The Kier molecular flexibility index (Phi) is 5.52. The molecule has 2 rings (SSSR count). The molecule has 1 aliphatic rings. The molecule has 1 fully saturated rings. The van der Waals surface area contributed by atoms with Gasteiger partial charge >= 0.3 is 0 Å². The van der Waals surface area contributed by atoms with Crippen molar-refractivity contribution in [3.63, 3.8) is 0 Å². The normalized spacial score (nSPS) is 24.2. The van der Waals surface area contributed by atoms with Crippen LogP contribution in [0.5, 0.6) is 0 Å². The van der Waals surface area contributed by atoms with Crippen molar-refractivity contribution in [2.45, 2.75) is 59.0 Å². The molecule has 2 heterocycles. The molecule has 0 bridgehead atoms. The first-order chi connectivity index (χ1) is 9.52. The highest BCUT2D eigenvalue weighted by Crippen LogP contribution is 2.13. The summed E-state index contributed by atoms with van der Waals surface area (Å²) >= 11 is 0. The Morgan fingerprint density at radius 3 is 2.55 bits per heavy atom. The highest BCUT2D eigenvalue weighted by atomic mass is 16.5. The van der Waals surface area contributed by atoms with Gasteiger partial charge in [-0.2, -0.15) is 0 Å². The molecule has 20 heavy (non-hydrogen) atoms. The lowest BCUT2D eigenvalue weighted by Crippen LogP contribution is -2.44. The van der Waals surface area contributed by atoms with Crippen molar-refractivity contribution in [3.8, 4) is 0 Å². The van der Waals surface area contributed by atoms with E-state index < -0.39 is 0 Å². The Morgan fingerprint density at radius 2 is 2.00 bits per heavy atom. The summed E-state index contributed by atoms with van der Waals surface area (Å²) in [6.07, 6.45) is 2.61. The van der Waals surface area contributed by atoms with Crippen LogP contribution in [0.15, 0.2) is 18.3 Å². The van der Waals surface area contributed by atoms with E-state index in [1.165, 1.54) is 5.56 Å². The number of pyridine rings is 1. The maximum Gasteiger partial charge on any atom is 0.0678 e. The standard InChI is InChI=1S/C16H27N3O/c1-12(2)17-7-15-5-6-16(18-8-15)11-19-9-13(3)20-14(4)10-19/h5-6,8,12-14,17H,7,9-11H2,1-4H3/t13-,14+. The van der Waals surface area contributed by atoms with Crippen LogP contribution in [-0.2, 0) is 17.8 Å². The summed E-state index contributed by atoms with van der Waals surface area (Å²) in [7, 11) is 0. The lowest BCUT2D eigenvalue weighted by molar-refractivity contribution is -0.0707. The molecule has 1 N–H and O–H groups in total. The van der Waals surface area contributed by atoms with E-state index in [1.807, 2.05) is 6.20 Å². The minimum Gasteiger partial charge on any atom is -0.373 e. The van der Waals surface area contributed by atoms with Gasteiger partial charge in [0, 0.05) is 38.4 Å².